The van der Waals surface area contributed by atoms with E-state index in [9.17, 15) is 13.2 Å². The second kappa shape index (κ2) is 7.50. The first kappa shape index (κ1) is 14.2. The van der Waals surface area contributed by atoms with E-state index >= 15 is 0 Å². The lowest BCUT2D eigenvalue weighted by atomic mass is 10.1. The van der Waals surface area contributed by atoms with Crippen molar-refractivity contribution in [2.75, 3.05) is 5.75 Å². The molecule has 15 heavy (non-hydrogen) atoms. The van der Waals surface area contributed by atoms with Gasteiger partial charge in [-0.25, -0.2) is 4.79 Å². The van der Waals surface area contributed by atoms with Crippen LogP contribution in [0.25, 0.3) is 0 Å². The highest BCUT2D eigenvalue weighted by Crippen LogP contribution is 2.07. The molecule has 0 radical (unpaired) electrons. The van der Waals surface area contributed by atoms with E-state index < -0.39 is 16.2 Å². The predicted molar refractivity (Wildman–Crippen MR) is 57.8 cm³/mol. The minimum atomic E-state index is -3.75. The average Bonchev–Trinajstić information content (AvgIpc) is 2.08. The number of primary amides is 1. The largest absolute Gasteiger partial charge is 0.420 e. The highest BCUT2D eigenvalue weighted by atomic mass is 32.2. The van der Waals surface area contributed by atoms with Crippen molar-refractivity contribution in [3.63, 3.8) is 0 Å². The first-order chi connectivity index (χ1) is 6.98. The van der Waals surface area contributed by atoms with Gasteiger partial charge in [-0.1, -0.05) is 39.0 Å². The molecule has 0 atom stereocenters. The van der Waals surface area contributed by atoms with Gasteiger partial charge in [-0.3, -0.25) is 0 Å². The van der Waals surface area contributed by atoms with Crippen molar-refractivity contribution in [2.45, 2.75) is 45.4 Å². The maximum atomic E-state index is 11.0. The Hall–Kier alpha value is -0.780. The maximum absolute atomic E-state index is 11.0. The minimum absolute atomic E-state index is 0.137. The van der Waals surface area contributed by atoms with Crippen LogP contribution in [0.2, 0.25) is 0 Å². The van der Waals surface area contributed by atoms with Crippen molar-refractivity contribution in [3.05, 3.63) is 0 Å². The van der Waals surface area contributed by atoms with E-state index in [1.807, 2.05) is 0 Å². The fraction of sp³-hybridized carbons (Fsp3) is 0.889. The van der Waals surface area contributed by atoms with Crippen LogP contribution in [-0.4, -0.2) is 20.3 Å². The Morgan fingerprint density at radius 2 is 1.67 bits per heavy atom. The smallest absolute Gasteiger partial charge is 0.334 e. The molecule has 0 unspecified atom stereocenters. The number of carbonyl (C=O) groups excluding carboxylic acids is 1. The Kier molecular flexibility index (Phi) is 7.11. The van der Waals surface area contributed by atoms with Gasteiger partial charge in [0.25, 0.3) is 0 Å². The third-order valence-electron chi connectivity index (χ3n) is 1.96. The molecule has 5 nitrogen and oxygen atoms in total. The third kappa shape index (κ3) is 9.52. The summed E-state index contributed by atoms with van der Waals surface area (Å²) in [5.41, 5.74) is 4.61. The fourth-order valence-corrected chi connectivity index (χ4v) is 2.12. The average molecular weight is 237 g/mol. The molecule has 0 saturated carbocycles. The van der Waals surface area contributed by atoms with E-state index in [2.05, 4.69) is 16.8 Å². The quantitative estimate of drug-likeness (QED) is 0.515. The SMILES string of the molecule is CCCCCCCCS(=O)(=O)OC(N)=O. The monoisotopic (exact) mass is 237 g/mol. The molecule has 1 amide bonds. The van der Waals surface area contributed by atoms with Crippen LogP contribution in [0, 0.1) is 0 Å². The van der Waals surface area contributed by atoms with Crippen molar-refractivity contribution in [3.8, 4) is 0 Å². The minimum Gasteiger partial charge on any atom is -0.334 e. The summed E-state index contributed by atoms with van der Waals surface area (Å²) in [6.45, 7) is 2.12. The highest BCUT2D eigenvalue weighted by Gasteiger charge is 2.13. The van der Waals surface area contributed by atoms with E-state index in [1.54, 1.807) is 0 Å². The summed E-state index contributed by atoms with van der Waals surface area (Å²) in [7, 11) is -3.75. The molecule has 0 aromatic heterocycles. The molecule has 0 rings (SSSR count). The van der Waals surface area contributed by atoms with Gasteiger partial charge < -0.3 is 9.92 Å². The van der Waals surface area contributed by atoms with Crippen molar-refractivity contribution >= 4 is 16.2 Å². The van der Waals surface area contributed by atoms with E-state index in [0.29, 0.717) is 6.42 Å². The molecular formula is C9H19NO4S. The molecule has 0 aliphatic rings. The Morgan fingerprint density at radius 3 is 2.20 bits per heavy atom. The first-order valence-corrected chi connectivity index (χ1v) is 6.77. The number of amides is 1. The van der Waals surface area contributed by atoms with Gasteiger partial charge in [0.05, 0.1) is 5.75 Å². The van der Waals surface area contributed by atoms with Crippen LogP contribution in [-0.2, 0) is 14.3 Å². The summed E-state index contributed by atoms with van der Waals surface area (Å²) in [4.78, 5) is 10.2. The number of hydrogen-bond donors (Lipinski definition) is 1. The van der Waals surface area contributed by atoms with Gasteiger partial charge in [-0.15, -0.1) is 0 Å². The van der Waals surface area contributed by atoms with E-state index in [-0.39, 0.29) is 5.75 Å². The van der Waals surface area contributed by atoms with Gasteiger partial charge in [0.2, 0.25) is 0 Å². The molecule has 0 aliphatic carbocycles. The molecule has 0 aromatic rings. The predicted octanol–water partition coefficient (Wildman–Crippen LogP) is 1.77. The Labute approximate surface area is 91.1 Å². The molecule has 2 N–H and O–H groups in total. The van der Waals surface area contributed by atoms with Crippen LogP contribution >= 0.6 is 0 Å². The summed E-state index contributed by atoms with van der Waals surface area (Å²) >= 11 is 0. The Balaban J connectivity index is 3.54. The summed E-state index contributed by atoms with van der Waals surface area (Å²) in [5.74, 6) is -0.137. The second-order valence-electron chi connectivity index (χ2n) is 3.43. The molecule has 0 saturated heterocycles. The zero-order chi connectivity index (χ0) is 11.7. The van der Waals surface area contributed by atoms with Crippen LogP contribution in [0.5, 0.6) is 0 Å². The van der Waals surface area contributed by atoms with Crippen molar-refractivity contribution in [2.24, 2.45) is 5.73 Å². The van der Waals surface area contributed by atoms with Gasteiger partial charge >= 0.3 is 16.2 Å². The summed E-state index contributed by atoms with van der Waals surface area (Å²) in [6, 6.07) is 0. The first-order valence-electron chi connectivity index (χ1n) is 5.19. The van der Waals surface area contributed by atoms with Gasteiger partial charge in [-0.05, 0) is 6.42 Å². The second-order valence-corrected chi connectivity index (χ2v) is 5.12. The molecule has 0 bridgehead atoms. The Bertz CT molecular complexity index is 274. The van der Waals surface area contributed by atoms with Crippen LogP contribution in [0.1, 0.15) is 45.4 Å². The van der Waals surface area contributed by atoms with Gasteiger partial charge in [0.15, 0.2) is 0 Å². The molecule has 0 heterocycles. The number of nitrogens with two attached hydrogens (primary N) is 1. The summed E-state index contributed by atoms with van der Waals surface area (Å²) in [5, 5.41) is 0. The van der Waals surface area contributed by atoms with E-state index in [1.165, 1.54) is 6.42 Å². The van der Waals surface area contributed by atoms with Crippen molar-refractivity contribution < 1.29 is 17.4 Å². The van der Waals surface area contributed by atoms with Crippen LogP contribution in [0.15, 0.2) is 0 Å². The molecular weight excluding hydrogens is 218 g/mol. The summed E-state index contributed by atoms with van der Waals surface area (Å²) < 4.78 is 26.0. The number of hydrogen-bond acceptors (Lipinski definition) is 4. The van der Waals surface area contributed by atoms with Crippen LogP contribution in [0.3, 0.4) is 0 Å². The molecule has 0 spiro atoms. The lowest BCUT2D eigenvalue weighted by Gasteiger charge is -2.02. The van der Waals surface area contributed by atoms with Gasteiger partial charge in [0, 0.05) is 0 Å². The zero-order valence-corrected chi connectivity index (χ0v) is 9.88. The fourth-order valence-electron chi connectivity index (χ4n) is 1.23. The number of carbonyl (C=O) groups is 1. The zero-order valence-electron chi connectivity index (χ0n) is 9.07. The van der Waals surface area contributed by atoms with Gasteiger partial charge in [0.1, 0.15) is 0 Å². The summed E-state index contributed by atoms with van der Waals surface area (Å²) in [6.07, 6.45) is 4.54. The van der Waals surface area contributed by atoms with Crippen molar-refractivity contribution in [1.82, 2.24) is 0 Å². The van der Waals surface area contributed by atoms with Gasteiger partial charge in [-0.2, -0.15) is 8.42 Å². The molecule has 90 valence electrons. The standard InChI is InChI=1S/C9H19NO4S/c1-2-3-4-5-6-7-8-15(12,13)14-9(10)11/h2-8H2,1H3,(H2,10,11). The van der Waals surface area contributed by atoms with E-state index in [4.69, 9.17) is 0 Å². The normalized spacial score (nSPS) is 11.3. The highest BCUT2D eigenvalue weighted by molar-refractivity contribution is 7.87. The number of rotatable bonds is 8. The third-order valence-corrected chi connectivity index (χ3v) is 3.16. The van der Waals surface area contributed by atoms with Crippen LogP contribution < -0.4 is 5.73 Å². The molecule has 0 fully saturated rings. The number of unbranched alkanes of at least 4 members (excludes halogenated alkanes) is 5. The molecule has 0 aliphatic heterocycles. The topological polar surface area (TPSA) is 86.5 Å². The lowest BCUT2D eigenvalue weighted by molar-refractivity contribution is 0.212. The Morgan fingerprint density at radius 1 is 1.13 bits per heavy atom. The van der Waals surface area contributed by atoms with E-state index in [0.717, 1.165) is 25.7 Å². The molecule has 6 heteroatoms. The van der Waals surface area contributed by atoms with Crippen LogP contribution in [0.4, 0.5) is 4.79 Å². The van der Waals surface area contributed by atoms with Crippen molar-refractivity contribution in [1.29, 1.82) is 0 Å². The molecule has 0 aromatic carbocycles. The maximum Gasteiger partial charge on any atom is 0.420 e. The lowest BCUT2D eigenvalue weighted by Crippen LogP contribution is -2.20.